The number of hydrogen-bond donors (Lipinski definition) is 1. The van der Waals surface area contributed by atoms with Gasteiger partial charge in [-0.25, -0.2) is 9.18 Å². The molecule has 33 heavy (non-hydrogen) atoms. The highest BCUT2D eigenvalue weighted by atomic mass is 35.5. The summed E-state index contributed by atoms with van der Waals surface area (Å²) in [6, 6.07) is 15.9. The molecule has 0 aromatic heterocycles. The van der Waals surface area contributed by atoms with Crippen LogP contribution in [0.1, 0.15) is 17.2 Å². The molecule has 0 aliphatic carbocycles. The lowest BCUT2D eigenvalue weighted by Gasteiger charge is -2.37. The van der Waals surface area contributed by atoms with E-state index in [1.54, 1.807) is 55.5 Å². The van der Waals surface area contributed by atoms with E-state index < -0.39 is 6.04 Å². The van der Waals surface area contributed by atoms with Crippen LogP contribution in [0.15, 0.2) is 60.7 Å². The van der Waals surface area contributed by atoms with E-state index >= 15 is 0 Å². The molecule has 1 unspecified atom stereocenters. The number of urea groups is 1. The van der Waals surface area contributed by atoms with Gasteiger partial charge < -0.3 is 24.4 Å². The molecule has 0 radical (unpaired) electrons. The van der Waals surface area contributed by atoms with Crippen LogP contribution in [0.3, 0.4) is 0 Å². The number of anilines is 1. The van der Waals surface area contributed by atoms with Crippen molar-refractivity contribution in [3.8, 4) is 17.2 Å². The van der Waals surface area contributed by atoms with Gasteiger partial charge in [-0.05, 0) is 72.1 Å². The van der Waals surface area contributed by atoms with E-state index in [1.165, 1.54) is 12.1 Å². The summed E-state index contributed by atoms with van der Waals surface area (Å²) in [6.07, 6.45) is 0.645. The third-order valence-electron chi connectivity index (χ3n) is 5.56. The van der Waals surface area contributed by atoms with Crippen molar-refractivity contribution in [2.45, 2.75) is 12.5 Å². The van der Waals surface area contributed by atoms with E-state index in [2.05, 4.69) is 5.32 Å². The van der Waals surface area contributed by atoms with Gasteiger partial charge in [0.2, 0.25) is 0 Å². The summed E-state index contributed by atoms with van der Waals surface area (Å²) < 4.78 is 30.2. The third kappa shape index (κ3) is 5.14. The summed E-state index contributed by atoms with van der Waals surface area (Å²) in [5, 5.41) is 3.44. The number of carbonyl (C=O) groups is 1. The maximum Gasteiger partial charge on any atom is 0.322 e. The van der Waals surface area contributed by atoms with Crippen molar-refractivity contribution in [3.05, 3.63) is 82.6 Å². The molecule has 3 aromatic rings. The molecule has 0 spiro atoms. The zero-order valence-electron chi connectivity index (χ0n) is 18.3. The van der Waals surface area contributed by atoms with Crippen LogP contribution >= 0.6 is 11.6 Å². The third-order valence-corrected chi connectivity index (χ3v) is 5.80. The van der Waals surface area contributed by atoms with Crippen LogP contribution in [-0.2, 0) is 6.42 Å². The molecule has 3 aromatic carbocycles. The van der Waals surface area contributed by atoms with Gasteiger partial charge in [-0.1, -0.05) is 17.7 Å². The number of fused-ring (bicyclic) bond motifs is 1. The molecule has 1 atom stereocenters. The molecule has 1 N–H and O–H groups in total. The standard InChI is InChI=1S/C25H24ClFN2O4/c1-31-23-12-16-10-11-29(25(30)28-19-5-3-4-17(26)13-19)22(21(16)14-24(23)32-2)15-33-20-8-6-18(27)7-9-20/h3-9,12-14,22H,10-11,15H2,1-2H3,(H,28,30). The number of nitrogens with one attached hydrogen (secondary N) is 1. The molecule has 8 heteroatoms. The maximum atomic E-state index is 13.3. The lowest BCUT2D eigenvalue weighted by atomic mass is 9.92. The Morgan fingerprint density at radius 3 is 2.52 bits per heavy atom. The lowest BCUT2D eigenvalue weighted by Crippen LogP contribution is -2.44. The molecule has 4 rings (SSSR count). The van der Waals surface area contributed by atoms with Crippen molar-refractivity contribution in [2.75, 3.05) is 32.7 Å². The van der Waals surface area contributed by atoms with Gasteiger partial charge in [-0.2, -0.15) is 0 Å². The number of rotatable bonds is 6. The smallest absolute Gasteiger partial charge is 0.322 e. The number of halogens is 2. The Balaban J connectivity index is 1.64. The Hall–Kier alpha value is -3.45. The van der Waals surface area contributed by atoms with Crippen molar-refractivity contribution in [3.63, 3.8) is 0 Å². The summed E-state index contributed by atoms with van der Waals surface area (Å²) in [6.45, 7) is 0.656. The first-order valence-corrected chi connectivity index (χ1v) is 10.8. The van der Waals surface area contributed by atoms with Gasteiger partial charge in [0.1, 0.15) is 18.2 Å². The first-order valence-electron chi connectivity index (χ1n) is 10.4. The van der Waals surface area contributed by atoms with Crippen LogP contribution in [0.25, 0.3) is 0 Å². The number of hydrogen-bond acceptors (Lipinski definition) is 4. The van der Waals surface area contributed by atoms with Crippen molar-refractivity contribution in [1.82, 2.24) is 4.90 Å². The highest BCUT2D eigenvalue weighted by Gasteiger charge is 2.33. The number of nitrogens with zero attached hydrogens (tertiary/aromatic N) is 1. The van der Waals surface area contributed by atoms with E-state index in [0.717, 1.165) is 11.1 Å². The van der Waals surface area contributed by atoms with Crippen LogP contribution in [0, 0.1) is 5.82 Å². The fourth-order valence-electron chi connectivity index (χ4n) is 3.92. The first kappa shape index (κ1) is 22.7. The van der Waals surface area contributed by atoms with E-state index in [4.69, 9.17) is 25.8 Å². The summed E-state index contributed by atoms with van der Waals surface area (Å²) >= 11 is 6.06. The quantitative estimate of drug-likeness (QED) is 0.501. The second kappa shape index (κ2) is 10.0. The molecule has 6 nitrogen and oxygen atoms in total. The average molecular weight is 471 g/mol. The van der Waals surface area contributed by atoms with Crippen molar-refractivity contribution in [1.29, 1.82) is 0 Å². The maximum absolute atomic E-state index is 13.3. The number of methoxy groups -OCH3 is 2. The number of ether oxygens (including phenoxy) is 3. The van der Waals surface area contributed by atoms with Gasteiger partial charge in [0.05, 0.1) is 20.3 Å². The van der Waals surface area contributed by atoms with Crippen LogP contribution in [-0.4, -0.2) is 38.3 Å². The predicted molar refractivity (Wildman–Crippen MR) is 125 cm³/mol. The van der Waals surface area contributed by atoms with E-state index in [0.29, 0.717) is 40.9 Å². The highest BCUT2D eigenvalue weighted by molar-refractivity contribution is 6.30. The minimum Gasteiger partial charge on any atom is -0.493 e. The number of amides is 2. The second-order valence-corrected chi connectivity index (χ2v) is 8.01. The van der Waals surface area contributed by atoms with E-state index in [9.17, 15) is 9.18 Å². The molecule has 2 amide bonds. The van der Waals surface area contributed by atoms with E-state index in [-0.39, 0.29) is 18.5 Å². The highest BCUT2D eigenvalue weighted by Crippen LogP contribution is 2.38. The second-order valence-electron chi connectivity index (χ2n) is 7.57. The molecule has 172 valence electrons. The van der Waals surface area contributed by atoms with Crippen molar-refractivity contribution < 1.29 is 23.4 Å². The van der Waals surface area contributed by atoms with Gasteiger partial charge >= 0.3 is 6.03 Å². The molecule has 1 heterocycles. The number of benzene rings is 3. The van der Waals surface area contributed by atoms with Gasteiger partial charge in [0.15, 0.2) is 11.5 Å². The molecule has 0 saturated heterocycles. The average Bonchev–Trinajstić information content (AvgIpc) is 2.82. The minimum atomic E-state index is -0.405. The van der Waals surface area contributed by atoms with Crippen LogP contribution < -0.4 is 19.5 Å². The summed E-state index contributed by atoms with van der Waals surface area (Å²) in [7, 11) is 3.16. The summed E-state index contributed by atoms with van der Waals surface area (Å²) in [5.74, 6) is 1.37. The van der Waals surface area contributed by atoms with Gasteiger partial charge in [-0.3, -0.25) is 0 Å². The van der Waals surface area contributed by atoms with E-state index in [1.807, 2.05) is 12.1 Å². The van der Waals surface area contributed by atoms with Crippen LogP contribution in [0.2, 0.25) is 5.02 Å². The van der Waals surface area contributed by atoms with Crippen molar-refractivity contribution in [2.24, 2.45) is 0 Å². The molecular weight excluding hydrogens is 447 g/mol. The normalized spacial score (nSPS) is 14.9. The Labute approximate surface area is 196 Å². The lowest BCUT2D eigenvalue weighted by molar-refractivity contribution is 0.144. The summed E-state index contributed by atoms with van der Waals surface area (Å²) in [4.78, 5) is 15.0. The topological polar surface area (TPSA) is 60.0 Å². The molecule has 0 saturated carbocycles. The van der Waals surface area contributed by atoms with Crippen LogP contribution in [0.4, 0.5) is 14.9 Å². The Morgan fingerprint density at radius 1 is 1.09 bits per heavy atom. The first-order chi connectivity index (χ1) is 16.0. The zero-order valence-corrected chi connectivity index (χ0v) is 19.1. The Kier molecular flexibility index (Phi) is 6.89. The minimum absolute atomic E-state index is 0.178. The monoisotopic (exact) mass is 470 g/mol. The Bertz CT molecular complexity index is 1140. The SMILES string of the molecule is COc1cc2c(cc1OC)C(COc1ccc(F)cc1)N(C(=O)Nc1cccc(Cl)c1)CC2. The zero-order chi connectivity index (χ0) is 23.4. The molecule has 1 aliphatic rings. The summed E-state index contributed by atoms with van der Waals surface area (Å²) in [5.41, 5.74) is 2.55. The van der Waals surface area contributed by atoms with Gasteiger partial charge in [0.25, 0.3) is 0 Å². The molecule has 0 fully saturated rings. The van der Waals surface area contributed by atoms with Gasteiger partial charge in [0, 0.05) is 17.3 Å². The van der Waals surface area contributed by atoms with Crippen LogP contribution in [0.5, 0.6) is 17.2 Å². The molecule has 0 bridgehead atoms. The fourth-order valence-corrected chi connectivity index (χ4v) is 4.11. The predicted octanol–water partition coefficient (Wildman–Crippen LogP) is 5.71. The largest absolute Gasteiger partial charge is 0.493 e. The van der Waals surface area contributed by atoms with Gasteiger partial charge in [-0.15, -0.1) is 0 Å². The molecular formula is C25H24ClFN2O4. The number of carbonyl (C=O) groups excluding carboxylic acids is 1. The Morgan fingerprint density at radius 2 is 1.82 bits per heavy atom. The fraction of sp³-hybridized carbons (Fsp3) is 0.240. The van der Waals surface area contributed by atoms with Crippen molar-refractivity contribution >= 4 is 23.3 Å². The molecule has 1 aliphatic heterocycles.